The zero-order valence-electron chi connectivity index (χ0n) is 15.3. The van der Waals surface area contributed by atoms with Crippen LogP contribution in [0.3, 0.4) is 0 Å². The van der Waals surface area contributed by atoms with Crippen molar-refractivity contribution in [2.45, 2.75) is 19.4 Å². The third-order valence-corrected chi connectivity index (χ3v) is 4.53. The molecular weight excluding hydrogens is 348 g/mol. The molecule has 1 N–H and O–H groups in total. The molecule has 0 unspecified atom stereocenters. The highest BCUT2D eigenvalue weighted by molar-refractivity contribution is 5.98. The normalized spacial score (nSPS) is 12.0. The number of Topliss-reactive ketones (excluding diaryl/α,β-unsaturated/α-hetero) is 1. The van der Waals surface area contributed by atoms with Crippen molar-refractivity contribution < 1.29 is 14.4 Å². The SMILES string of the molecule is C[C@@H](c1ccccc1)N(C)c1nc(C(=O)Cc2cnoc2)c(O)c(=O)n1C. The molecule has 1 aromatic carbocycles. The molecule has 3 rings (SSSR count). The van der Waals surface area contributed by atoms with E-state index < -0.39 is 17.1 Å². The molecule has 0 bridgehead atoms. The van der Waals surface area contributed by atoms with Gasteiger partial charge in [-0.1, -0.05) is 35.5 Å². The van der Waals surface area contributed by atoms with E-state index in [1.165, 1.54) is 24.1 Å². The van der Waals surface area contributed by atoms with E-state index in [-0.39, 0.29) is 24.1 Å². The molecular formula is C19H20N4O4. The number of aromatic hydroxyl groups is 1. The van der Waals surface area contributed by atoms with Crippen molar-refractivity contribution in [1.82, 2.24) is 14.7 Å². The van der Waals surface area contributed by atoms with Crippen LogP contribution in [0.25, 0.3) is 0 Å². The topological polar surface area (TPSA) is 101 Å². The monoisotopic (exact) mass is 368 g/mol. The zero-order valence-corrected chi connectivity index (χ0v) is 15.3. The van der Waals surface area contributed by atoms with E-state index in [1.807, 2.05) is 37.3 Å². The van der Waals surface area contributed by atoms with Gasteiger partial charge in [-0.15, -0.1) is 0 Å². The molecule has 8 heteroatoms. The van der Waals surface area contributed by atoms with Crippen LogP contribution in [0.2, 0.25) is 0 Å². The van der Waals surface area contributed by atoms with Gasteiger partial charge in [0.25, 0.3) is 5.56 Å². The fraction of sp³-hybridized carbons (Fsp3) is 0.263. The molecule has 0 radical (unpaired) electrons. The predicted molar refractivity (Wildman–Crippen MR) is 98.9 cm³/mol. The van der Waals surface area contributed by atoms with Gasteiger partial charge < -0.3 is 14.5 Å². The summed E-state index contributed by atoms with van der Waals surface area (Å²) in [5.41, 5.74) is 0.622. The number of benzene rings is 1. The van der Waals surface area contributed by atoms with Gasteiger partial charge in [0.2, 0.25) is 11.7 Å². The van der Waals surface area contributed by atoms with E-state index in [1.54, 1.807) is 11.9 Å². The maximum atomic E-state index is 12.6. The highest BCUT2D eigenvalue weighted by atomic mass is 16.5. The lowest BCUT2D eigenvalue weighted by molar-refractivity contribution is 0.0984. The average Bonchev–Trinajstić information content (AvgIpc) is 3.19. The Morgan fingerprint density at radius 2 is 2.04 bits per heavy atom. The standard InChI is InChI=1S/C19H20N4O4/c1-12(14-7-5-4-6-8-14)22(2)19-21-16(17(25)18(26)23(19)3)15(24)9-13-10-20-27-11-13/h4-8,10-12,25H,9H2,1-3H3/t12-/m0/s1. The first-order chi connectivity index (χ1) is 12.9. The van der Waals surface area contributed by atoms with E-state index in [0.29, 0.717) is 5.56 Å². The molecule has 8 nitrogen and oxygen atoms in total. The number of carbonyl (C=O) groups excluding carboxylic acids is 1. The quantitative estimate of drug-likeness (QED) is 0.665. The third-order valence-electron chi connectivity index (χ3n) is 4.53. The molecule has 0 aliphatic heterocycles. The average molecular weight is 368 g/mol. The van der Waals surface area contributed by atoms with Crippen LogP contribution in [-0.4, -0.2) is 32.6 Å². The van der Waals surface area contributed by atoms with Crippen LogP contribution in [-0.2, 0) is 13.5 Å². The van der Waals surface area contributed by atoms with Gasteiger partial charge in [0.15, 0.2) is 11.5 Å². The van der Waals surface area contributed by atoms with Crippen molar-refractivity contribution in [2.75, 3.05) is 11.9 Å². The molecule has 0 amide bonds. The minimum atomic E-state index is -0.680. The smallest absolute Gasteiger partial charge is 0.297 e. The van der Waals surface area contributed by atoms with Gasteiger partial charge in [0.1, 0.15) is 6.26 Å². The summed E-state index contributed by atoms with van der Waals surface area (Å²) < 4.78 is 5.93. The Labute approximate surface area is 155 Å². The summed E-state index contributed by atoms with van der Waals surface area (Å²) in [6.45, 7) is 1.97. The van der Waals surface area contributed by atoms with E-state index in [4.69, 9.17) is 4.52 Å². The first-order valence-electron chi connectivity index (χ1n) is 8.39. The van der Waals surface area contributed by atoms with Gasteiger partial charge in [0.05, 0.1) is 12.2 Å². The number of hydrogen-bond acceptors (Lipinski definition) is 7. The molecule has 0 aliphatic rings. The van der Waals surface area contributed by atoms with Crippen molar-refractivity contribution in [1.29, 1.82) is 0 Å². The van der Waals surface area contributed by atoms with Crippen molar-refractivity contribution in [3.63, 3.8) is 0 Å². The summed E-state index contributed by atoms with van der Waals surface area (Å²) in [6.07, 6.45) is 2.66. The van der Waals surface area contributed by atoms with Crippen molar-refractivity contribution in [3.8, 4) is 5.75 Å². The van der Waals surface area contributed by atoms with Gasteiger partial charge in [-0.3, -0.25) is 14.2 Å². The Morgan fingerprint density at radius 1 is 1.33 bits per heavy atom. The largest absolute Gasteiger partial charge is 0.501 e. The van der Waals surface area contributed by atoms with Crippen LogP contribution in [0, 0.1) is 0 Å². The van der Waals surface area contributed by atoms with Crippen molar-refractivity contribution in [3.05, 3.63) is 70.0 Å². The molecule has 140 valence electrons. The molecule has 0 saturated heterocycles. The van der Waals surface area contributed by atoms with Gasteiger partial charge >= 0.3 is 0 Å². The highest BCUT2D eigenvalue weighted by Gasteiger charge is 2.24. The molecule has 1 atom stereocenters. The summed E-state index contributed by atoms with van der Waals surface area (Å²) in [7, 11) is 3.29. The predicted octanol–water partition coefficient (Wildman–Crippen LogP) is 2.10. The summed E-state index contributed by atoms with van der Waals surface area (Å²) in [5.74, 6) is -0.873. The van der Waals surface area contributed by atoms with Crippen LogP contribution in [0.15, 0.2) is 52.1 Å². The molecule has 0 aliphatic carbocycles. The molecule has 0 saturated carbocycles. The van der Waals surface area contributed by atoms with E-state index >= 15 is 0 Å². The summed E-state index contributed by atoms with van der Waals surface area (Å²) in [4.78, 5) is 31.1. The van der Waals surface area contributed by atoms with Crippen LogP contribution in [0.5, 0.6) is 5.75 Å². The van der Waals surface area contributed by atoms with Crippen molar-refractivity contribution >= 4 is 11.7 Å². The second-order valence-corrected chi connectivity index (χ2v) is 6.30. The van der Waals surface area contributed by atoms with Gasteiger partial charge in [0, 0.05) is 26.1 Å². The number of carbonyl (C=O) groups is 1. The lowest BCUT2D eigenvalue weighted by Gasteiger charge is -2.28. The number of aromatic nitrogens is 3. The van der Waals surface area contributed by atoms with Gasteiger partial charge in [-0.2, -0.15) is 0 Å². The number of rotatable bonds is 6. The Hall–Kier alpha value is -3.42. The lowest BCUT2D eigenvalue weighted by atomic mass is 10.1. The first-order valence-corrected chi connectivity index (χ1v) is 8.39. The Balaban J connectivity index is 1.99. The minimum Gasteiger partial charge on any atom is -0.501 e. The molecule has 2 heterocycles. The number of hydrogen-bond donors (Lipinski definition) is 1. The molecule has 27 heavy (non-hydrogen) atoms. The zero-order chi connectivity index (χ0) is 19.6. The maximum Gasteiger partial charge on any atom is 0.297 e. The van der Waals surface area contributed by atoms with Crippen LogP contribution in [0.4, 0.5) is 5.95 Å². The van der Waals surface area contributed by atoms with Crippen LogP contribution in [0.1, 0.15) is 34.6 Å². The summed E-state index contributed by atoms with van der Waals surface area (Å²) in [5, 5.41) is 13.7. The minimum absolute atomic E-state index is 0.0748. The molecule has 0 fully saturated rings. The van der Waals surface area contributed by atoms with Crippen LogP contribution < -0.4 is 10.5 Å². The number of anilines is 1. The van der Waals surface area contributed by atoms with E-state index in [2.05, 4.69) is 10.1 Å². The van der Waals surface area contributed by atoms with Crippen molar-refractivity contribution in [2.24, 2.45) is 7.05 Å². The second-order valence-electron chi connectivity index (χ2n) is 6.30. The third kappa shape index (κ3) is 3.59. The maximum absolute atomic E-state index is 12.6. The van der Waals surface area contributed by atoms with Gasteiger partial charge in [-0.25, -0.2) is 4.98 Å². The molecule has 3 aromatic rings. The van der Waals surface area contributed by atoms with Crippen LogP contribution >= 0.6 is 0 Å². The number of nitrogens with zero attached hydrogens (tertiary/aromatic N) is 4. The Morgan fingerprint density at radius 3 is 2.67 bits per heavy atom. The highest BCUT2D eigenvalue weighted by Crippen LogP contribution is 2.24. The Kier molecular flexibility index (Phi) is 5.07. The lowest BCUT2D eigenvalue weighted by Crippen LogP contribution is -2.32. The number of ketones is 1. The first kappa shape index (κ1) is 18.4. The second kappa shape index (κ2) is 7.45. The Bertz CT molecular complexity index is 997. The van der Waals surface area contributed by atoms with E-state index in [0.717, 1.165) is 5.56 Å². The molecule has 0 spiro atoms. The summed E-state index contributed by atoms with van der Waals surface area (Å²) >= 11 is 0. The molecule has 2 aromatic heterocycles. The van der Waals surface area contributed by atoms with Gasteiger partial charge in [-0.05, 0) is 12.5 Å². The van der Waals surface area contributed by atoms with E-state index in [9.17, 15) is 14.7 Å². The fourth-order valence-corrected chi connectivity index (χ4v) is 2.80. The summed E-state index contributed by atoms with van der Waals surface area (Å²) in [6, 6.07) is 9.62. The fourth-order valence-electron chi connectivity index (χ4n) is 2.80.